The van der Waals surface area contributed by atoms with E-state index in [1.165, 1.54) is 13.0 Å². The molecule has 1 heterocycles. The number of aliphatic imine (C=N–C) groups is 1. The lowest BCUT2D eigenvalue weighted by atomic mass is 10.1. The van der Waals surface area contributed by atoms with Crippen LogP contribution in [-0.4, -0.2) is 24.8 Å². The number of amides is 1. The molecule has 24 heavy (non-hydrogen) atoms. The third-order valence-corrected chi connectivity index (χ3v) is 3.51. The second-order valence-electron chi connectivity index (χ2n) is 5.43. The molecule has 1 amide bonds. The molecule has 2 N–H and O–H groups in total. The zero-order chi connectivity index (χ0) is 16.9. The monoisotopic (exact) mass is 327 g/mol. The Morgan fingerprint density at radius 1 is 1.25 bits per heavy atom. The van der Waals surface area contributed by atoms with Crippen molar-refractivity contribution in [1.29, 1.82) is 0 Å². The molecule has 0 fully saturated rings. The number of ether oxygens (including phenoxy) is 1. The fourth-order valence-corrected chi connectivity index (χ4v) is 2.46. The van der Waals surface area contributed by atoms with Crippen molar-refractivity contribution in [3.63, 3.8) is 0 Å². The summed E-state index contributed by atoms with van der Waals surface area (Å²) in [6.07, 6.45) is 0.929. The Balaban J connectivity index is 1.86. The van der Waals surface area contributed by atoms with E-state index in [1.54, 1.807) is 36.4 Å². The van der Waals surface area contributed by atoms with E-state index >= 15 is 0 Å². The first-order valence-corrected chi connectivity index (χ1v) is 7.76. The van der Waals surface area contributed by atoms with Crippen molar-refractivity contribution in [2.75, 3.05) is 18.4 Å². The third-order valence-electron chi connectivity index (χ3n) is 3.51. The molecule has 5 nitrogen and oxygen atoms in total. The second-order valence-corrected chi connectivity index (χ2v) is 5.43. The molecule has 0 saturated carbocycles. The highest BCUT2D eigenvalue weighted by Gasteiger charge is 2.18. The predicted octanol–water partition coefficient (Wildman–Crippen LogP) is 3.32. The molecule has 1 aliphatic rings. The molecule has 0 bridgehead atoms. The first kappa shape index (κ1) is 16.0. The molecule has 1 aliphatic heterocycles. The summed E-state index contributed by atoms with van der Waals surface area (Å²) >= 11 is 0. The minimum Gasteiger partial charge on any atom is -0.456 e. The normalized spacial score (nSPS) is 13.7. The summed E-state index contributed by atoms with van der Waals surface area (Å²) in [5.41, 5.74) is 1.01. The number of hydrogen-bond acceptors (Lipinski definition) is 4. The Morgan fingerprint density at radius 2 is 2.04 bits per heavy atom. The summed E-state index contributed by atoms with van der Waals surface area (Å²) in [5, 5.41) is 5.80. The van der Waals surface area contributed by atoms with Crippen LogP contribution in [0.2, 0.25) is 0 Å². The first-order chi connectivity index (χ1) is 11.6. The van der Waals surface area contributed by atoms with Gasteiger partial charge in [0.1, 0.15) is 23.2 Å². The van der Waals surface area contributed by atoms with Crippen molar-refractivity contribution in [2.24, 2.45) is 4.99 Å². The van der Waals surface area contributed by atoms with Crippen molar-refractivity contribution in [3.05, 3.63) is 53.8 Å². The van der Waals surface area contributed by atoms with Crippen molar-refractivity contribution in [2.45, 2.75) is 13.3 Å². The molecule has 0 spiro atoms. The zero-order valence-corrected chi connectivity index (χ0v) is 13.3. The van der Waals surface area contributed by atoms with Gasteiger partial charge in [-0.1, -0.05) is 6.07 Å². The molecule has 2 aromatic carbocycles. The predicted molar refractivity (Wildman–Crippen MR) is 91.2 cm³/mol. The van der Waals surface area contributed by atoms with Crippen LogP contribution in [0.25, 0.3) is 0 Å². The van der Waals surface area contributed by atoms with E-state index in [1.807, 2.05) is 0 Å². The lowest BCUT2D eigenvalue weighted by Gasteiger charge is -2.18. The molecule has 0 aromatic heterocycles. The maximum Gasteiger partial charge on any atom is 0.221 e. The fourth-order valence-electron chi connectivity index (χ4n) is 2.46. The van der Waals surface area contributed by atoms with Gasteiger partial charge in [-0.15, -0.1) is 0 Å². The molecule has 2 aromatic rings. The number of halogens is 1. The van der Waals surface area contributed by atoms with Crippen LogP contribution in [0.5, 0.6) is 11.5 Å². The van der Waals surface area contributed by atoms with Crippen molar-refractivity contribution in [3.8, 4) is 11.5 Å². The molecular weight excluding hydrogens is 309 g/mol. The average molecular weight is 327 g/mol. The van der Waals surface area contributed by atoms with Crippen LogP contribution in [0.1, 0.15) is 18.9 Å². The van der Waals surface area contributed by atoms with Crippen LogP contribution in [-0.2, 0) is 4.79 Å². The Bertz CT molecular complexity index is 772. The van der Waals surface area contributed by atoms with Gasteiger partial charge in [-0.2, -0.15) is 0 Å². The van der Waals surface area contributed by atoms with Gasteiger partial charge >= 0.3 is 0 Å². The van der Waals surface area contributed by atoms with Crippen LogP contribution in [0, 0.1) is 5.82 Å². The van der Waals surface area contributed by atoms with Gasteiger partial charge < -0.3 is 15.4 Å². The Morgan fingerprint density at radius 3 is 2.71 bits per heavy atom. The van der Waals surface area contributed by atoms with E-state index < -0.39 is 0 Å². The second kappa shape index (κ2) is 7.12. The zero-order valence-electron chi connectivity index (χ0n) is 13.3. The minimum atomic E-state index is -0.379. The molecule has 6 heteroatoms. The number of amidine groups is 1. The standard InChI is InChI=1S/C18H18FN3O2/c1-12(23)22-13-6-8-14(9-7-13)24-16-5-2-4-15(19)17(16)18-20-10-3-11-21-18/h2,4-9H,3,10-11H2,1H3,(H,20,21)(H,22,23). The van der Waals surface area contributed by atoms with E-state index in [2.05, 4.69) is 15.6 Å². The Hall–Kier alpha value is -2.89. The van der Waals surface area contributed by atoms with Crippen LogP contribution in [0.3, 0.4) is 0 Å². The smallest absolute Gasteiger partial charge is 0.221 e. The Labute approximate surface area is 139 Å². The van der Waals surface area contributed by atoms with Crippen LogP contribution in [0.4, 0.5) is 10.1 Å². The maximum absolute atomic E-state index is 14.3. The summed E-state index contributed by atoms with van der Waals surface area (Å²) in [5.74, 6) is 0.944. The van der Waals surface area contributed by atoms with Crippen LogP contribution >= 0.6 is 0 Å². The molecule has 0 atom stereocenters. The first-order valence-electron chi connectivity index (χ1n) is 7.76. The summed E-state index contributed by atoms with van der Waals surface area (Å²) < 4.78 is 20.1. The summed E-state index contributed by atoms with van der Waals surface area (Å²) in [6, 6.07) is 11.6. The molecule has 124 valence electrons. The fraction of sp³-hybridized carbons (Fsp3) is 0.222. The van der Waals surface area contributed by atoms with Gasteiger partial charge in [0.2, 0.25) is 5.91 Å². The molecular formula is C18H18FN3O2. The number of rotatable bonds is 4. The van der Waals surface area contributed by atoms with Crippen LogP contribution in [0.15, 0.2) is 47.5 Å². The number of hydrogen-bond donors (Lipinski definition) is 2. The van der Waals surface area contributed by atoms with E-state index in [4.69, 9.17) is 4.74 Å². The van der Waals surface area contributed by atoms with Gasteiger partial charge in [-0.25, -0.2) is 4.39 Å². The maximum atomic E-state index is 14.3. The SMILES string of the molecule is CC(=O)Nc1ccc(Oc2cccc(F)c2C2=NCCCN2)cc1. The number of benzene rings is 2. The quantitative estimate of drug-likeness (QED) is 0.905. The van der Waals surface area contributed by atoms with Crippen molar-refractivity contribution < 1.29 is 13.9 Å². The molecule has 0 saturated heterocycles. The molecule has 0 aliphatic carbocycles. The molecule has 3 rings (SSSR count). The molecule has 0 radical (unpaired) electrons. The van der Waals surface area contributed by atoms with Crippen LogP contribution < -0.4 is 15.4 Å². The van der Waals surface area contributed by atoms with Gasteiger partial charge in [0.15, 0.2) is 0 Å². The minimum absolute atomic E-state index is 0.141. The highest BCUT2D eigenvalue weighted by atomic mass is 19.1. The number of carbonyl (C=O) groups excluding carboxylic acids is 1. The van der Waals surface area contributed by atoms with Gasteiger partial charge in [0.05, 0.1) is 5.56 Å². The summed E-state index contributed by atoms with van der Waals surface area (Å²) in [4.78, 5) is 15.4. The van der Waals surface area contributed by atoms with E-state index in [-0.39, 0.29) is 11.7 Å². The molecule has 0 unspecified atom stereocenters. The van der Waals surface area contributed by atoms with Gasteiger partial charge in [-0.05, 0) is 42.8 Å². The summed E-state index contributed by atoms with van der Waals surface area (Å²) in [6.45, 7) is 2.88. The van der Waals surface area contributed by atoms with Crippen molar-refractivity contribution in [1.82, 2.24) is 5.32 Å². The highest BCUT2D eigenvalue weighted by molar-refractivity contribution is 6.01. The van der Waals surface area contributed by atoms with Gasteiger partial charge in [-0.3, -0.25) is 9.79 Å². The lowest BCUT2D eigenvalue weighted by molar-refractivity contribution is -0.114. The van der Waals surface area contributed by atoms with E-state index in [0.717, 1.165) is 13.0 Å². The van der Waals surface area contributed by atoms with E-state index in [9.17, 15) is 9.18 Å². The van der Waals surface area contributed by atoms with Gasteiger partial charge in [0, 0.05) is 25.7 Å². The number of nitrogens with zero attached hydrogens (tertiary/aromatic N) is 1. The average Bonchev–Trinajstić information content (AvgIpc) is 2.57. The van der Waals surface area contributed by atoms with Gasteiger partial charge in [0.25, 0.3) is 0 Å². The number of nitrogens with one attached hydrogen (secondary N) is 2. The Kier molecular flexibility index (Phi) is 4.74. The highest BCUT2D eigenvalue weighted by Crippen LogP contribution is 2.28. The van der Waals surface area contributed by atoms with E-state index in [0.29, 0.717) is 35.1 Å². The largest absolute Gasteiger partial charge is 0.456 e. The van der Waals surface area contributed by atoms with Crippen molar-refractivity contribution >= 4 is 17.4 Å². The lowest BCUT2D eigenvalue weighted by Crippen LogP contribution is -2.31. The summed E-state index contributed by atoms with van der Waals surface area (Å²) in [7, 11) is 0. The number of carbonyl (C=O) groups is 1. The third kappa shape index (κ3) is 3.71. The number of anilines is 1. The topological polar surface area (TPSA) is 62.7 Å².